The largest absolute Gasteiger partial charge is 0.462 e. The van der Waals surface area contributed by atoms with Crippen molar-refractivity contribution in [1.29, 1.82) is 0 Å². The zero-order valence-corrected chi connectivity index (χ0v) is 10.5. The topological polar surface area (TPSA) is 60.5 Å². The minimum atomic E-state index is -0.337. The highest BCUT2D eigenvalue weighted by atomic mass is 16.5. The molecule has 0 saturated carbocycles. The van der Waals surface area contributed by atoms with Crippen LogP contribution in [0.3, 0.4) is 0 Å². The highest BCUT2D eigenvalue weighted by Gasteiger charge is 2.17. The second kappa shape index (κ2) is 6.35. The van der Waals surface area contributed by atoms with Crippen molar-refractivity contribution < 1.29 is 14.3 Å². The summed E-state index contributed by atoms with van der Waals surface area (Å²) in [6.07, 6.45) is 2.71. The first kappa shape index (κ1) is 12.8. The molecule has 1 aromatic heterocycles. The van der Waals surface area contributed by atoms with Crippen LogP contribution in [0.1, 0.15) is 23.7 Å². The molecule has 5 heteroatoms. The Kier molecular flexibility index (Phi) is 4.52. The molecule has 0 bridgehead atoms. The van der Waals surface area contributed by atoms with E-state index in [1.54, 1.807) is 25.3 Å². The summed E-state index contributed by atoms with van der Waals surface area (Å²) in [6.45, 7) is 4.51. The van der Waals surface area contributed by atoms with Gasteiger partial charge in [0.1, 0.15) is 11.4 Å². The van der Waals surface area contributed by atoms with Gasteiger partial charge in [0.15, 0.2) is 0 Å². The van der Waals surface area contributed by atoms with Crippen molar-refractivity contribution in [1.82, 2.24) is 4.98 Å². The summed E-state index contributed by atoms with van der Waals surface area (Å²) in [5, 5.41) is 3.20. The maximum Gasteiger partial charge on any atom is 0.341 e. The minimum Gasteiger partial charge on any atom is -0.462 e. The standard InChI is InChI=1S/C13H18N2O3/c1-2-18-13(16)11-4-3-6-14-12(11)15-8-10-5-7-17-9-10/h3-4,6,10H,2,5,7-9H2,1H3,(H,14,15). The molecule has 1 saturated heterocycles. The molecule has 18 heavy (non-hydrogen) atoms. The number of rotatable bonds is 5. The van der Waals surface area contributed by atoms with Gasteiger partial charge < -0.3 is 14.8 Å². The zero-order valence-electron chi connectivity index (χ0n) is 10.5. The van der Waals surface area contributed by atoms with Crippen LogP contribution in [-0.2, 0) is 9.47 Å². The number of aromatic nitrogens is 1. The normalized spacial score (nSPS) is 18.6. The Bertz CT molecular complexity index is 403. The number of anilines is 1. The maximum atomic E-state index is 11.7. The molecule has 2 heterocycles. The third-order valence-electron chi connectivity index (χ3n) is 2.89. The van der Waals surface area contributed by atoms with Crippen LogP contribution in [-0.4, -0.2) is 37.3 Å². The minimum absolute atomic E-state index is 0.337. The lowest BCUT2D eigenvalue weighted by atomic mass is 10.1. The fraction of sp³-hybridized carbons (Fsp3) is 0.538. The number of hydrogen-bond acceptors (Lipinski definition) is 5. The number of hydrogen-bond donors (Lipinski definition) is 1. The van der Waals surface area contributed by atoms with E-state index in [1.807, 2.05) is 0 Å². The van der Waals surface area contributed by atoms with Gasteiger partial charge in [-0.25, -0.2) is 9.78 Å². The molecule has 1 aliphatic heterocycles. The van der Waals surface area contributed by atoms with Crippen LogP contribution in [0, 0.1) is 5.92 Å². The van der Waals surface area contributed by atoms with Gasteiger partial charge in [0.2, 0.25) is 0 Å². The summed E-state index contributed by atoms with van der Waals surface area (Å²) in [4.78, 5) is 15.9. The molecule has 2 rings (SSSR count). The molecule has 5 nitrogen and oxygen atoms in total. The Morgan fingerprint density at radius 1 is 1.67 bits per heavy atom. The van der Waals surface area contributed by atoms with Crippen LogP contribution in [0.5, 0.6) is 0 Å². The fourth-order valence-corrected chi connectivity index (χ4v) is 1.91. The van der Waals surface area contributed by atoms with Crippen molar-refractivity contribution in [3.8, 4) is 0 Å². The first-order chi connectivity index (χ1) is 8.81. The van der Waals surface area contributed by atoms with Crippen molar-refractivity contribution in [2.45, 2.75) is 13.3 Å². The van der Waals surface area contributed by atoms with E-state index in [2.05, 4.69) is 10.3 Å². The highest BCUT2D eigenvalue weighted by Crippen LogP contribution is 2.16. The lowest BCUT2D eigenvalue weighted by Crippen LogP contribution is -2.17. The van der Waals surface area contributed by atoms with E-state index in [-0.39, 0.29) is 5.97 Å². The van der Waals surface area contributed by atoms with E-state index in [0.29, 0.717) is 23.9 Å². The summed E-state index contributed by atoms with van der Waals surface area (Å²) in [6, 6.07) is 3.45. The molecule has 1 atom stereocenters. The number of carbonyl (C=O) groups excluding carboxylic acids is 1. The van der Waals surface area contributed by atoms with Gasteiger partial charge in [-0.2, -0.15) is 0 Å². The first-order valence-corrected chi connectivity index (χ1v) is 6.25. The van der Waals surface area contributed by atoms with Crippen molar-refractivity contribution in [2.24, 2.45) is 5.92 Å². The average Bonchev–Trinajstić information content (AvgIpc) is 2.90. The molecule has 1 aromatic rings. The number of nitrogens with zero attached hydrogens (tertiary/aromatic N) is 1. The van der Waals surface area contributed by atoms with Crippen molar-refractivity contribution in [3.05, 3.63) is 23.9 Å². The van der Waals surface area contributed by atoms with Gasteiger partial charge in [0.05, 0.1) is 13.2 Å². The van der Waals surface area contributed by atoms with Gasteiger partial charge in [-0.3, -0.25) is 0 Å². The molecule has 1 aliphatic rings. The van der Waals surface area contributed by atoms with Crippen LogP contribution in [0.25, 0.3) is 0 Å². The van der Waals surface area contributed by atoms with Gasteiger partial charge in [0, 0.05) is 25.3 Å². The number of nitrogens with one attached hydrogen (secondary N) is 1. The lowest BCUT2D eigenvalue weighted by molar-refractivity contribution is 0.0527. The third kappa shape index (κ3) is 3.20. The molecule has 1 N–H and O–H groups in total. The summed E-state index contributed by atoms with van der Waals surface area (Å²) >= 11 is 0. The maximum absolute atomic E-state index is 11.7. The van der Waals surface area contributed by atoms with Crippen molar-refractivity contribution in [2.75, 3.05) is 31.7 Å². The van der Waals surface area contributed by atoms with Gasteiger partial charge in [0.25, 0.3) is 0 Å². The molecule has 0 amide bonds. The fourth-order valence-electron chi connectivity index (χ4n) is 1.91. The Morgan fingerprint density at radius 3 is 3.28 bits per heavy atom. The Hall–Kier alpha value is -1.62. The van der Waals surface area contributed by atoms with Crippen LogP contribution >= 0.6 is 0 Å². The van der Waals surface area contributed by atoms with E-state index in [4.69, 9.17) is 9.47 Å². The van der Waals surface area contributed by atoms with Crippen LogP contribution < -0.4 is 5.32 Å². The molecule has 98 valence electrons. The van der Waals surface area contributed by atoms with Crippen molar-refractivity contribution in [3.63, 3.8) is 0 Å². The smallest absolute Gasteiger partial charge is 0.341 e. The molecule has 1 fully saturated rings. The van der Waals surface area contributed by atoms with Crippen LogP contribution in [0.2, 0.25) is 0 Å². The van der Waals surface area contributed by atoms with Gasteiger partial charge in [-0.1, -0.05) is 0 Å². The summed E-state index contributed by atoms with van der Waals surface area (Å²) in [7, 11) is 0. The van der Waals surface area contributed by atoms with Crippen LogP contribution in [0.4, 0.5) is 5.82 Å². The Morgan fingerprint density at radius 2 is 2.56 bits per heavy atom. The van der Waals surface area contributed by atoms with Crippen LogP contribution in [0.15, 0.2) is 18.3 Å². The molecular weight excluding hydrogens is 232 g/mol. The Labute approximate surface area is 107 Å². The molecule has 1 unspecified atom stereocenters. The van der Waals surface area contributed by atoms with E-state index >= 15 is 0 Å². The first-order valence-electron chi connectivity index (χ1n) is 6.25. The second-order valence-corrected chi connectivity index (χ2v) is 4.23. The number of ether oxygens (including phenoxy) is 2. The predicted octanol–water partition coefficient (Wildman–Crippen LogP) is 1.71. The molecule has 0 aliphatic carbocycles. The van der Waals surface area contributed by atoms with E-state index < -0.39 is 0 Å². The average molecular weight is 250 g/mol. The van der Waals surface area contributed by atoms with E-state index in [0.717, 1.165) is 26.2 Å². The highest BCUT2D eigenvalue weighted by molar-refractivity contribution is 5.94. The number of pyridine rings is 1. The molecular formula is C13H18N2O3. The SMILES string of the molecule is CCOC(=O)c1cccnc1NCC1CCOC1. The summed E-state index contributed by atoms with van der Waals surface area (Å²) in [5.41, 5.74) is 0.485. The second-order valence-electron chi connectivity index (χ2n) is 4.23. The monoisotopic (exact) mass is 250 g/mol. The number of carbonyl (C=O) groups is 1. The number of esters is 1. The van der Waals surface area contributed by atoms with E-state index in [9.17, 15) is 4.79 Å². The predicted molar refractivity (Wildman–Crippen MR) is 67.6 cm³/mol. The molecule has 0 aromatic carbocycles. The van der Waals surface area contributed by atoms with Gasteiger partial charge in [-0.15, -0.1) is 0 Å². The summed E-state index contributed by atoms with van der Waals surface area (Å²) < 4.78 is 10.3. The van der Waals surface area contributed by atoms with Crippen molar-refractivity contribution >= 4 is 11.8 Å². The zero-order chi connectivity index (χ0) is 12.8. The van der Waals surface area contributed by atoms with E-state index in [1.165, 1.54) is 0 Å². The summed E-state index contributed by atoms with van der Waals surface area (Å²) in [5.74, 6) is 0.737. The third-order valence-corrected chi connectivity index (χ3v) is 2.89. The Balaban J connectivity index is 2.00. The quantitative estimate of drug-likeness (QED) is 0.806. The molecule has 0 spiro atoms. The molecule has 0 radical (unpaired) electrons. The van der Waals surface area contributed by atoms with Gasteiger partial charge >= 0.3 is 5.97 Å². The lowest BCUT2D eigenvalue weighted by Gasteiger charge is -2.12. The van der Waals surface area contributed by atoms with Gasteiger partial charge in [-0.05, 0) is 25.5 Å².